The summed E-state index contributed by atoms with van der Waals surface area (Å²) in [5.41, 5.74) is 32.6. The molecule has 4 N–H and O–H groups in total. The first-order valence-corrected chi connectivity index (χ1v) is 52.8. The summed E-state index contributed by atoms with van der Waals surface area (Å²) in [6, 6.07) is 69.6. The Morgan fingerprint density at radius 1 is 0.277 bits per heavy atom. The monoisotopic (exact) mass is 1910 g/mol. The van der Waals surface area contributed by atoms with E-state index in [-0.39, 0.29) is 56.8 Å². The zero-order valence-corrected chi connectivity index (χ0v) is 88.6. The van der Waals surface area contributed by atoms with Gasteiger partial charge in [-0.3, -0.25) is 0 Å². The molecule has 0 amide bonds. The standard InChI is InChI=1S/C50H58O2.C28H38O2.2C12H17N.2C10H12.2Mo/c1-27(2)35-23-39(29(5)6)45(40(24-35)30(7)8)43-21-33-17-13-15-19-37(33)47(49(43)51)48-38-20-16-14-18-34(38)22-44(50(48)52)46-41(31(9)10)25-36(28(3)4)26-42(46)32(11)12;1-27(2,3)21-15-17-11-7-9-13-19(17)23(25(21)29)24-20-14-10-8-12-18(20)16-22(26(24)30)28(4,5)6;2*1-8(2)10-6-5-7-11(9(3)4)12(10)13;2*1-10(2,3)9-7-5-4-6-8-9;;/h13-32,51-52H,1-12H3;15-16,29-30H,7-14H2,1-6H3;2*5-9H,1-4H3;2*1,4-8H,2-3H3;;. The minimum atomic E-state index is -0.553. The molecular formula is C122H154Mo2N2O4. The summed E-state index contributed by atoms with van der Waals surface area (Å²) in [6.07, 6.45) is 8.79. The van der Waals surface area contributed by atoms with Gasteiger partial charge in [-0.1, -0.05) is 210 Å². The second-order valence-corrected chi connectivity index (χ2v) is 46.4. The van der Waals surface area contributed by atoms with Crippen LogP contribution in [0.15, 0.2) is 201 Å². The molecule has 0 atom stereocenters. The van der Waals surface area contributed by atoms with Crippen molar-refractivity contribution >= 4 is 41.7 Å². The number of aromatic hydroxyl groups is 4. The maximum atomic E-state index is 12.9. The van der Waals surface area contributed by atoms with Crippen LogP contribution in [0.1, 0.15) is 393 Å². The van der Waals surface area contributed by atoms with Crippen LogP contribution in [0.25, 0.3) is 66.1 Å². The molecule has 8 heteroatoms. The van der Waals surface area contributed by atoms with Gasteiger partial charge in [0.1, 0.15) is 23.0 Å². The van der Waals surface area contributed by atoms with Crippen LogP contribution in [0.3, 0.4) is 0 Å². The van der Waals surface area contributed by atoms with Gasteiger partial charge in [-0.2, -0.15) is 0 Å². The number of nitrogens with zero attached hydrogens (tertiary/aromatic N) is 2. The molecular weight excluding hydrogens is 1750 g/mol. The van der Waals surface area contributed by atoms with E-state index in [0.29, 0.717) is 58.1 Å². The minimum absolute atomic E-state index is 0.0811. The van der Waals surface area contributed by atoms with Crippen molar-refractivity contribution in [1.82, 2.24) is 0 Å². The molecule has 0 spiro atoms. The molecule has 2 aliphatic carbocycles. The molecule has 0 aliphatic heterocycles. The molecule has 0 saturated carbocycles. The molecule has 12 aromatic rings. The number of fused-ring (bicyclic) bond motifs is 4. The van der Waals surface area contributed by atoms with E-state index in [1.807, 2.05) is 12.1 Å². The molecule has 0 bridgehead atoms. The Balaban J connectivity index is 0.000000179. The van der Waals surface area contributed by atoms with E-state index in [2.05, 4.69) is 399 Å². The van der Waals surface area contributed by atoms with Crippen LogP contribution in [-0.4, -0.2) is 29.2 Å². The third-order valence-electron chi connectivity index (χ3n) is 26.9. The first-order chi connectivity index (χ1) is 61.3. The average molecular weight is 1900 g/mol. The van der Waals surface area contributed by atoms with Crippen LogP contribution >= 0.6 is 0 Å². The van der Waals surface area contributed by atoms with Gasteiger partial charge in [0, 0.05) is 44.5 Å². The van der Waals surface area contributed by atoms with Gasteiger partial charge in [-0.05, 0) is 198 Å². The van der Waals surface area contributed by atoms with Crippen molar-refractivity contribution < 1.29 is 56.3 Å². The quantitative estimate of drug-likeness (QED) is 0.0571. The van der Waals surface area contributed by atoms with Gasteiger partial charge >= 0.3 is 311 Å². The van der Waals surface area contributed by atoms with E-state index >= 15 is 0 Å². The zero-order valence-electron chi connectivity index (χ0n) is 84.6. The summed E-state index contributed by atoms with van der Waals surface area (Å²) in [7, 11) is 0. The fourth-order valence-corrected chi connectivity index (χ4v) is 22.9. The molecule has 12 aromatic carbocycles. The van der Waals surface area contributed by atoms with Crippen molar-refractivity contribution in [2.45, 2.75) is 340 Å². The number of benzene rings is 12. The van der Waals surface area contributed by atoms with E-state index < -0.39 is 35.8 Å². The molecule has 0 radical (unpaired) electrons. The van der Waals surface area contributed by atoms with Crippen molar-refractivity contribution in [3.63, 3.8) is 0 Å². The Bertz CT molecular complexity index is 5670. The average Bonchev–Trinajstić information content (AvgIpc) is 0.722. The molecule has 14 rings (SSSR count). The van der Waals surface area contributed by atoms with Gasteiger partial charge < -0.3 is 20.4 Å². The zero-order chi connectivity index (χ0) is 95.1. The Hall–Kier alpha value is -8.92. The second-order valence-electron chi connectivity index (χ2n) is 43.3. The second kappa shape index (κ2) is 43.0. The van der Waals surface area contributed by atoms with Gasteiger partial charge in [0.25, 0.3) is 0 Å². The number of hydrogen-bond acceptors (Lipinski definition) is 6. The van der Waals surface area contributed by atoms with Crippen LogP contribution in [0.2, 0.25) is 0 Å². The molecule has 0 fully saturated rings. The summed E-state index contributed by atoms with van der Waals surface area (Å²) in [5.74, 6) is 4.99. The van der Waals surface area contributed by atoms with E-state index in [9.17, 15) is 20.4 Å². The fourth-order valence-electron chi connectivity index (χ4n) is 19.1. The number of phenolic OH excluding ortho intramolecular Hbond substituents is 4. The molecule has 0 saturated heterocycles. The first-order valence-electron chi connectivity index (χ1n) is 48.7. The van der Waals surface area contributed by atoms with Crippen molar-refractivity contribution in [2.75, 3.05) is 0 Å². The van der Waals surface area contributed by atoms with Crippen LogP contribution < -0.4 is 0 Å². The van der Waals surface area contributed by atoms with Gasteiger partial charge in [0.15, 0.2) is 0 Å². The fraction of sp³-hybridized carbons (Fsp3) is 0.426. The van der Waals surface area contributed by atoms with Crippen LogP contribution in [0.4, 0.5) is 11.4 Å². The third-order valence-corrected chi connectivity index (χ3v) is 31.7. The summed E-state index contributed by atoms with van der Waals surface area (Å²) < 4.78 is 15.2. The van der Waals surface area contributed by atoms with Gasteiger partial charge in [-0.15, -0.1) is 0 Å². The third kappa shape index (κ3) is 22.9. The number of phenols is 4. The van der Waals surface area contributed by atoms with E-state index in [4.69, 9.17) is 6.99 Å². The molecule has 0 aromatic heterocycles. The van der Waals surface area contributed by atoms with Gasteiger partial charge in [0.05, 0.1) is 0 Å². The first kappa shape index (κ1) is 102. The predicted octanol–water partition coefficient (Wildman–Crippen LogP) is 35.5. The van der Waals surface area contributed by atoms with E-state index in [1.54, 1.807) is 0 Å². The van der Waals surface area contributed by atoms with E-state index in [1.165, 1.54) is 113 Å². The van der Waals surface area contributed by atoms with Crippen LogP contribution in [0.5, 0.6) is 23.0 Å². The molecule has 0 unspecified atom stereocenters. The molecule has 2 aliphatic rings. The molecule has 6 nitrogen and oxygen atoms in total. The Morgan fingerprint density at radius 3 is 0.831 bits per heavy atom. The van der Waals surface area contributed by atoms with Gasteiger partial charge in [-0.25, -0.2) is 0 Å². The normalized spacial score (nSPS) is 13.1. The van der Waals surface area contributed by atoms with Crippen molar-refractivity contribution in [3.05, 3.63) is 294 Å². The van der Waals surface area contributed by atoms with Crippen LogP contribution in [0, 0.1) is 0 Å². The van der Waals surface area contributed by atoms with Crippen LogP contribution in [-0.2, 0) is 83.2 Å². The maximum absolute atomic E-state index is 12.9. The van der Waals surface area contributed by atoms with E-state index in [0.717, 1.165) is 105 Å². The Morgan fingerprint density at radius 2 is 0.554 bits per heavy atom. The topological polar surface area (TPSA) is 106 Å². The summed E-state index contributed by atoms with van der Waals surface area (Å²) in [4.78, 5) is 0. The van der Waals surface area contributed by atoms with Crippen molar-refractivity contribution in [1.29, 1.82) is 0 Å². The molecule has 0 heterocycles. The van der Waals surface area contributed by atoms with Gasteiger partial charge in [0.2, 0.25) is 0 Å². The Kier molecular flexibility index (Phi) is 33.6. The Labute approximate surface area is 800 Å². The SMILES string of the molecule is CC(C)(C)c1cc2c(c(-c3c(O)c(C(C)(C)C)cc4c3CCCC4)c1O)CCCC2.CC(C)c1cc(C(C)C)c(-c2cc3ccccc3c(-c3c(O)c(-c4c(C(C)C)cc(C(C)C)cc4C(C)C)cc4ccccc34)c2O)c(C(C)C)c1.CC(C)c1cccc(C(C)C)c1[N]=[Mo]=[CH]C(C)(C)c1ccccc1.CC(C)c1cccc(C(C)C)c1[N]=[Mo]=[CH]C(C)(C)c1ccccc1. The van der Waals surface area contributed by atoms with Crippen molar-refractivity contribution in [3.8, 4) is 67.5 Å². The number of hydrogen-bond donors (Lipinski definition) is 4. The number of rotatable bonds is 20. The summed E-state index contributed by atoms with van der Waals surface area (Å²) in [6.45, 7) is 67.3. The number of aryl methyl sites for hydroxylation is 2. The molecule has 130 heavy (non-hydrogen) atoms. The summed E-state index contributed by atoms with van der Waals surface area (Å²) >= 11 is -1.11. The predicted molar refractivity (Wildman–Crippen MR) is 556 cm³/mol. The van der Waals surface area contributed by atoms with Crippen molar-refractivity contribution in [2.24, 2.45) is 6.99 Å². The summed E-state index contributed by atoms with van der Waals surface area (Å²) in [5, 5.41) is 53.0. The molecule has 688 valence electrons.